The van der Waals surface area contributed by atoms with Crippen LogP contribution in [0.3, 0.4) is 0 Å². The van der Waals surface area contributed by atoms with Crippen molar-refractivity contribution in [2.24, 2.45) is 12.0 Å². The number of nitrogens with zero attached hydrogens (tertiary/aromatic N) is 5. The molecule has 0 spiro atoms. The maximum atomic E-state index is 6.28. The van der Waals surface area contributed by atoms with Crippen molar-refractivity contribution in [3.05, 3.63) is 53.6 Å². The van der Waals surface area contributed by atoms with Crippen molar-refractivity contribution in [1.29, 1.82) is 0 Å². The topological polar surface area (TPSA) is 45.9 Å². The van der Waals surface area contributed by atoms with Gasteiger partial charge in [0.2, 0.25) is 0 Å². The summed E-state index contributed by atoms with van der Waals surface area (Å²) in [6.45, 7) is 4.73. The number of fused-ring (bicyclic) bond motifs is 1. The third kappa shape index (κ3) is 2.97. The van der Waals surface area contributed by atoms with Gasteiger partial charge in [0.05, 0.1) is 18.8 Å². The van der Waals surface area contributed by atoms with Gasteiger partial charge in [0.1, 0.15) is 23.0 Å². The maximum absolute atomic E-state index is 6.28. The average Bonchev–Trinajstić information content (AvgIpc) is 3.19. The van der Waals surface area contributed by atoms with Crippen LogP contribution in [0, 0.1) is 0 Å². The molecular weight excluding hydrogens is 350 g/mol. The summed E-state index contributed by atoms with van der Waals surface area (Å²) in [5, 5.41) is 9.50. The van der Waals surface area contributed by atoms with E-state index in [4.69, 9.17) is 21.4 Å². The van der Waals surface area contributed by atoms with Crippen molar-refractivity contribution in [2.45, 2.75) is 20.0 Å². The average molecular weight is 370 g/mol. The summed E-state index contributed by atoms with van der Waals surface area (Å²) in [6, 6.07) is 5.64. The second-order valence-electron chi connectivity index (χ2n) is 6.45. The molecule has 0 atom stereocenters. The van der Waals surface area contributed by atoms with Gasteiger partial charge < -0.3 is 4.74 Å². The molecule has 0 saturated carbocycles. The van der Waals surface area contributed by atoms with E-state index in [9.17, 15) is 0 Å². The second-order valence-corrected chi connectivity index (χ2v) is 6.89. The molecule has 26 heavy (non-hydrogen) atoms. The summed E-state index contributed by atoms with van der Waals surface area (Å²) in [7, 11) is 1.91. The monoisotopic (exact) mass is 369 g/mol. The number of hydrogen-bond donors (Lipinski definition) is 0. The van der Waals surface area contributed by atoms with Gasteiger partial charge in [0.25, 0.3) is 0 Å². The standard InChI is InChI=1S/C19H20ClN5O/c1-13(2)26-17-6-5-14(20)11-15(17)19-16(12-23(3)22-19)24-10-7-18-21-8-4-9-25(18)24/h4-9,11-13H,10H2,1-3H3. The number of hydrogen-bond acceptors (Lipinski definition) is 5. The molecular formula is C19H20ClN5O. The number of ether oxygens (including phenoxy) is 1. The number of aryl methyl sites for hydroxylation is 1. The molecule has 6 nitrogen and oxygen atoms in total. The van der Waals surface area contributed by atoms with Crippen molar-refractivity contribution in [2.75, 3.05) is 11.6 Å². The normalized spacial score (nSPS) is 15.7. The van der Waals surface area contributed by atoms with E-state index in [1.807, 2.05) is 62.6 Å². The lowest BCUT2D eigenvalue weighted by atomic mass is 10.1. The molecule has 0 amide bonds. The first-order chi connectivity index (χ1) is 12.5. The lowest BCUT2D eigenvalue weighted by molar-refractivity contribution is 0.243. The molecule has 0 N–H and O–H groups in total. The van der Waals surface area contributed by atoms with Crippen LogP contribution in [0.4, 0.5) is 5.69 Å². The van der Waals surface area contributed by atoms with Gasteiger partial charge in [-0.25, -0.2) is 10.0 Å². The molecule has 134 valence electrons. The Bertz CT molecular complexity index is 928. The van der Waals surface area contributed by atoms with E-state index < -0.39 is 0 Å². The number of halogens is 1. The minimum absolute atomic E-state index is 0.0570. The predicted molar refractivity (Wildman–Crippen MR) is 104 cm³/mol. The van der Waals surface area contributed by atoms with E-state index in [0.29, 0.717) is 5.02 Å². The SMILES string of the molecule is CC(C)Oc1ccc(Cl)cc1-c1nn(C)cc1N1CC=C2N=CC=CN21. The minimum atomic E-state index is 0.0570. The van der Waals surface area contributed by atoms with Crippen molar-refractivity contribution in [3.8, 4) is 17.0 Å². The third-order valence-corrected chi connectivity index (χ3v) is 4.34. The van der Waals surface area contributed by atoms with E-state index in [1.165, 1.54) is 0 Å². The summed E-state index contributed by atoms with van der Waals surface area (Å²) in [6.07, 6.45) is 9.84. The summed E-state index contributed by atoms with van der Waals surface area (Å²) >= 11 is 6.28. The van der Waals surface area contributed by atoms with Gasteiger partial charge in [-0.05, 0) is 44.2 Å². The van der Waals surface area contributed by atoms with Crippen LogP contribution in [-0.4, -0.2) is 33.7 Å². The molecule has 7 heteroatoms. The Morgan fingerprint density at radius 3 is 2.92 bits per heavy atom. The van der Waals surface area contributed by atoms with Crippen molar-refractivity contribution >= 4 is 23.5 Å². The van der Waals surface area contributed by atoms with Crippen molar-refractivity contribution in [3.63, 3.8) is 0 Å². The first-order valence-electron chi connectivity index (χ1n) is 8.51. The quantitative estimate of drug-likeness (QED) is 0.817. The highest BCUT2D eigenvalue weighted by Gasteiger charge is 2.28. The molecule has 1 aromatic carbocycles. The van der Waals surface area contributed by atoms with Gasteiger partial charge in [-0.1, -0.05) is 11.6 Å². The fraction of sp³-hybridized carbons (Fsp3) is 0.263. The van der Waals surface area contributed by atoms with Crippen LogP contribution in [0.5, 0.6) is 5.75 Å². The highest BCUT2D eigenvalue weighted by molar-refractivity contribution is 6.31. The van der Waals surface area contributed by atoms with Gasteiger partial charge in [-0.3, -0.25) is 9.69 Å². The first-order valence-corrected chi connectivity index (χ1v) is 8.88. The molecule has 0 aliphatic carbocycles. The van der Waals surface area contributed by atoms with E-state index in [2.05, 4.69) is 16.1 Å². The van der Waals surface area contributed by atoms with Crippen molar-refractivity contribution < 1.29 is 4.74 Å². The van der Waals surface area contributed by atoms with Gasteiger partial charge >= 0.3 is 0 Å². The minimum Gasteiger partial charge on any atom is -0.490 e. The van der Waals surface area contributed by atoms with Crippen molar-refractivity contribution in [1.82, 2.24) is 14.8 Å². The molecule has 1 aromatic heterocycles. The predicted octanol–water partition coefficient (Wildman–Crippen LogP) is 4.00. The largest absolute Gasteiger partial charge is 0.490 e. The Morgan fingerprint density at radius 2 is 2.12 bits per heavy atom. The summed E-state index contributed by atoms with van der Waals surface area (Å²) in [5.41, 5.74) is 2.67. The fourth-order valence-electron chi connectivity index (χ4n) is 3.10. The molecule has 0 bridgehead atoms. The Labute approximate surface area is 157 Å². The molecule has 2 aromatic rings. The number of benzene rings is 1. The smallest absolute Gasteiger partial charge is 0.149 e. The number of aromatic nitrogens is 2. The summed E-state index contributed by atoms with van der Waals surface area (Å²) in [4.78, 5) is 4.41. The Kier molecular flexibility index (Phi) is 4.20. The molecule has 4 rings (SSSR count). The van der Waals surface area contributed by atoms with E-state index in [1.54, 1.807) is 10.9 Å². The highest BCUT2D eigenvalue weighted by Crippen LogP contribution is 2.40. The van der Waals surface area contributed by atoms with Crippen LogP contribution in [0.2, 0.25) is 5.02 Å². The molecule has 0 radical (unpaired) electrons. The summed E-state index contributed by atoms with van der Waals surface area (Å²) in [5.74, 6) is 1.68. The lowest BCUT2D eigenvalue weighted by Gasteiger charge is -2.30. The van der Waals surface area contributed by atoms with Crippen LogP contribution in [0.15, 0.2) is 53.6 Å². The van der Waals surface area contributed by atoms with Crippen LogP contribution in [0.25, 0.3) is 11.3 Å². The maximum Gasteiger partial charge on any atom is 0.149 e. The van der Waals surface area contributed by atoms with Gasteiger partial charge in [-0.15, -0.1) is 0 Å². The number of hydrazine groups is 1. The number of rotatable bonds is 4. The van der Waals surface area contributed by atoms with E-state index in [-0.39, 0.29) is 6.10 Å². The zero-order chi connectivity index (χ0) is 18.3. The van der Waals surface area contributed by atoms with Crippen LogP contribution < -0.4 is 9.75 Å². The van der Waals surface area contributed by atoms with Gasteiger partial charge in [0, 0.05) is 30.0 Å². The second kappa shape index (κ2) is 6.53. The van der Waals surface area contributed by atoms with Crippen LogP contribution in [-0.2, 0) is 7.05 Å². The molecule has 0 fully saturated rings. The Hall–Kier alpha value is -2.73. The zero-order valence-corrected chi connectivity index (χ0v) is 15.7. The van der Waals surface area contributed by atoms with E-state index in [0.717, 1.165) is 35.1 Å². The first kappa shape index (κ1) is 16.7. The highest BCUT2D eigenvalue weighted by atomic mass is 35.5. The Balaban J connectivity index is 1.79. The van der Waals surface area contributed by atoms with E-state index >= 15 is 0 Å². The van der Waals surface area contributed by atoms with Crippen LogP contribution >= 0.6 is 11.6 Å². The summed E-state index contributed by atoms with van der Waals surface area (Å²) < 4.78 is 7.80. The third-order valence-electron chi connectivity index (χ3n) is 4.11. The number of aliphatic imine (C=N–C) groups is 1. The zero-order valence-electron chi connectivity index (χ0n) is 14.9. The fourth-order valence-corrected chi connectivity index (χ4v) is 3.27. The van der Waals surface area contributed by atoms with Crippen LogP contribution in [0.1, 0.15) is 13.8 Å². The van der Waals surface area contributed by atoms with Gasteiger partial charge in [0.15, 0.2) is 0 Å². The molecule has 0 unspecified atom stereocenters. The lowest BCUT2D eigenvalue weighted by Crippen LogP contribution is -2.34. The molecule has 2 aliphatic rings. The molecule has 3 heterocycles. The Morgan fingerprint density at radius 1 is 1.27 bits per heavy atom. The molecule has 2 aliphatic heterocycles. The number of anilines is 1. The number of allylic oxidation sites excluding steroid dienone is 1. The van der Waals surface area contributed by atoms with Gasteiger partial charge in [-0.2, -0.15) is 5.10 Å². The molecule has 0 saturated heterocycles.